The Morgan fingerprint density at radius 1 is 1.18 bits per heavy atom. The molecule has 1 saturated heterocycles. The first-order valence-electron chi connectivity index (χ1n) is 7.42. The summed E-state index contributed by atoms with van der Waals surface area (Å²) in [6.07, 6.45) is 3.76. The van der Waals surface area contributed by atoms with E-state index in [1.54, 1.807) is 11.8 Å². The van der Waals surface area contributed by atoms with Crippen LogP contribution in [0.15, 0.2) is 47.6 Å². The van der Waals surface area contributed by atoms with E-state index in [-0.39, 0.29) is 5.91 Å². The van der Waals surface area contributed by atoms with Crippen LogP contribution in [-0.2, 0) is 11.8 Å². The lowest BCUT2D eigenvalue weighted by atomic mass is 10.3. The van der Waals surface area contributed by atoms with Gasteiger partial charge in [-0.15, -0.1) is 11.8 Å². The van der Waals surface area contributed by atoms with Crippen molar-refractivity contribution in [1.82, 2.24) is 14.5 Å². The molecule has 0 spiro atoms. The van der Waals surface area contributed by atoms with Crippen molar-refractivity contribution in [2.24, 2.45) is 7.05 Å². The van der Waals surface area contributed by atoms with Crippen molar-refractivity contribution >= 4 is 23.6 Å². The molecule has 0 aliphatic carbocycles. The number of nitrogens with zero attached hydrogens (tertiary/aromatic N) is 4. The predicted molar refractivity (Wildman–Crippen MR) is 89.2 cm³/mol. The number of carbonyl (C=O) groups is 1. The van der Waals surface area contributed by atoms with Gasteiger partial charge in [0.15, 0.2) is 0 Å². The highest BCUT2D eigenvalue weighted by molar-refractivity contribution is 8.00. The zero-order valence-corrected chi connectivity index (χ0v) is 13.5. The molecule has 1 aromatic carbocycles. The predicted octanol–water partition coefficient (Wildman–Crippen LogP) is 1.86. The third-order valence-electron chi connectivity index (χ3n) is 3.82. The summed E-state index contributed by atoms with van der Waals surface area (Å²) in [4.78, 5) is 22.0. The van der Waals surface area contributed by atoms with Gasteiger partial charge >= 0.3 is 0 Å². The summed E-state index contributed by atoms with van der Waals surface area (Å²) in [5.41, 5.74) is 0. The minimum absolute atomic E-state index is 0.216. The van der Waals surface area contributed by atoms with Gasteiger partial charge in [0.2, 0.25) is 11.9 Å². The van der Waals surface area contributed by atoms with Crippen LogP contribution in [0, 0.1) is 0 Å². The smallest absolute Gasteiger partial charge is 0.233 e. The Morgan fingerprint density at radius 3 is 2.55 bits per heavy atom. The maximum Gasteiger partial charge on any atom is 0.233 e. The van der Waals surface area contributed by atoms with E-state index in [1.165, 1.54) is 0 Å². The molecule has 1 amide bonds. The number of thioether (sulfide) groups is 1. The van der Waals surface area contributed by atoms with Crippen molar-refractivity contribution in [2.45, 2.75) is 4.90 Å². The Balaban J connectivity index is 1.49. The van der Waals surface area contributed by atoms with Gasteiger partial charge in [0, 0.05) is 50.5 Å². The van der Waals surface area contributed by atoms with Crippen LogP contribution >= 0.6 is 11.8 Å². The first kappa shape index (κ1) is 15.0. The quantitative estimate of drug-likeness (QED) is 0.808. The van der Waals surface area contributed by atoms with E-state index < -0.39 is 0 Å². The van der Waals surface area contributed by atoms with Crippen molar-refractivity contribution in [3.8, 4) is 0 Å². The Morgan fingerprint density at radius 2 is 1.91 bits per heavy atom. The molecule has 0 unspecified atom stereocenters. The number of aryl methyl sites for hydroxylation is 1. The Labute approximate surface area is 134 Å². The van der Waals surface area contributed by atoms with E-state index in [0.717, 1.165) is 37.0 Å². The minimum atomic E-state index is 0.216. The maximum absolute atomic E-state index is 12.3. The fraction of sp³-hybridized carbons (Fsp3) is 0.375. The van der Waals surface area contributed by atoms with Crippen LogP contribution in [0.25, 0.3) is 0 Å². The van der Waals surface area contributed by atoms with E-state index in [9.17, 15) is 4.79 Å². The number of hydrogen-bond donors (Lipinski definition) is 0. The average molecular weight is 316 g/mol. The van der Waals surface area contributed by atoms with Crippen LogP contribution in [0.2, 0.25) is 0 Å². The van der Waals surface area contributed by atoms with Gasteiger partial charge in [0.05, 0.1) is 5.75 Å². The number of hydrogen-bond acceptors (Lipinski definition) is 4. The standard InChI is InChI=1S/C16H20N4OS/c1-18-8-7-17-16(18)20-11-9-19(10-12-20)15(21)13-22-14-5-3-2-4-6-14/h2-8H,9-13H2,1H3. The molecule has 0 radical (unpaired) electrons. The topological polar surface area (TPSA) is 41.4 Å². The summed E-state index contributed by atoms with van der Waals surface area (Å²) in [5, 5.41) is 0. The van der Waals surface area contributed by atoms with E-state index >= 15 is 0 Å². The second kappa shape index (κ2) is 6.87. The molecule has 0 bridgehead atoms. The summed E-state index contributed by atoms with van der Waals surface area (Å²) in [5.74, 6) is 1.70. The van der Waals surface area contributed by atoms with Crippen LogP contribution < -0.4 is 4.90 Å². The summed E-state index contributed by atoms with van der Waals surface area (Å²) >= 11 is 1.60. The second-order valence-corrected chi connectivity index (χ2v) is 6.36. The van der Waals surface area contributed by atoms with E-state index in [0.29, 0.717) is 5.75 Å². The van der Waals surface area contributed by atoms with Gasteiger partial charge in [-0.05, 0) is 12.1 Å². The largest absolute Gasteiger partial charge is 0.339 e. The fourth-order valence-electron chi connectivity index (χ4n) is 2.57. The molecule has 1 aliphatic heterocycles. The lowest BCUT2D eigenvalue weighted by molar-refractivity contribution is -0.128. The van der Waals surface area contributed by atoms with Gasteiger partial charge in [-0.3, -0.25) is 4.79 Å². The number of benzene rings is 1. The molecule has 0 atom stereocenters. The number of carbonyl (C=O) groups excluding carboxylic acids is 1. The number of imidazole rings is 1. The second-order valence-electron chi connectivity index (χ2n) is 5.31. The molecular weight excluding hydrogens is 296 g/mol. The number of aromatic nitrogens is 2. The monoisotopic (exact) mass is 316 g/mol. The Kier molecular flexibility index (Phi) is 4.68. The molecule has 6 heteroatoms. The number of rotatable bonds is 4. The lowest BCUT2D eigenvalue weighted by Gasteiger charge is -2.35. The number of anilines is 1. The highest BCUT2D eigenvalue weighted by Crippen LogP contribution is 2.18. The Bertz CT molecular complexity index is 620. The molecule has 1 aliphatic rings. The first-order chi connectivity index (χ1) is 10.7. The van der Waals surface area contributed by atoms with E-state index in [1.807, 2.05) is 59.2 Å². The highest BCUT2D eigenvalue weighted by Gasteiger charge is 2.22. The van der Waals surface area contributed by atoms with E-state index in [4.69, 9.17) is 0 Å². The van der Waals surface area contributed by atoms with Gasteiger partial charge in [-0.1, -0.05) is 18.2 Å². The molecule has 2 heterocycles. The SMILES string of the molecule is Cn1ccnc1N1CCN(C(=O)CSc2ccccc2)CC1. The zero-order chi connectivity index (χ0) is 15.4. The Hall–Kier alpha value is -1.95. The highest BCUT2D eigenvalue weighted by atomic mass is 32.2. The average Bonchev–Trinajstić information content (AvgIpc) is 3.00. The summed E-state index contributed by atoms with van der Waals surface area (Å²) < 4.78 is 2.02. The van der Waals surface area contributed by atoms with Crippen molar-refractivity contribution in [3.05, 3.63) is 42.7 Å². The molecule has 3 rings (SSSR count). The van der Waals surface area contributed by atoms with Gasteiger partial charge < -0.3 is 14.4 Å². The fourth-order valence-corrected chi connectivity index (χ4v) is 3.39. The summed E-state index contributed by atoms with van der Waals surface area (Å²) in [6, 6.07) is 10.1. The molecule has 1 aromatic heterocycles. The van der Waals surface area contributed by atoms with Crippen LogP contribution in [-0.4, -0.2) is 52.3 Å². The minimum Gasteiger partial charge on any atom is -0.339 e. The zero-order valence-electron chi connectivity index (χ0n) is 12.7. The number of amides is 1. The van der Waals surface area contributed by atoms with Crippen molar-refractivity contribution in [2.75, 3.05) is 36.8 Å². The summed E-state index contributed by atoms with van der Waals surface area (Å²) in [7, 11) is 2.00. The summed E-state index contributed by atoms with van der Waals surface area (Å²) in [6.45, 7) is 3.21. The molecular formula is C16H20N4OS. The third-order valence-corrected chi connectivity index (χ3v) is 4.81. The van der Waals surface area contributed by atoms with Crippen LogP contribution in [0.1, 0.15) is 0 Å². The molecule has 116 valence electrons. The normalized spacial score (nSPS) is 15.1. The van der Waals surface area contributed by atoms with Crippen molar-refractivity contribution in [1.29, 1.82) is 0 Å². The van der Waals surface area contributed by atoms with Crippen molar-refractivity contribution < 1.29 is 4.79 Å². The molecule has 2 aromatic rings. The van der Waals surface area contributed by atoms with Crippen LogP contribution in [0.3, 0.4) is 0 Å². The third kappa shape index (κ3) is 3.44. The molecule has 0 N–H and O–H groups in total. The lowest BCUT2D eigenvalue weighted by Crippen LogP contribution is -2.50. The van der Waals surface area contributed by atoms with Gasteiger partial charge in [0.25, 0.3) is 0 Å². The van der Waals surface area contributed by atoms with Gasteiger partial charge in [-0.2, -0.15) is 0 Å². The first-order valence-corrected chi connectivity index (χ1v) is 8.40. The van der Waals surface area contributed by atoms with Crippen LogP contribution in [0.5, 0.6) is 0 Å². The molecule has 0 saturated carbocycles. The molecule has 5 nitrogen and oxygen atoms in total. The van der Waals surface area contributed by atoms with Crippen molar-refractivity contribution in [3.63, 3.8) is 0 Å². The molecule has 22 heavy (non-hydrogen) atoms. The van der Waals surface area contributed by atoms with Gasteiger partial charge in [0.1, 0.15) is 0 Å². The van der Waals surface area contributed by atoms with Crippen LogP contribution in [0.4, 0.5) is 5.95 Å². The van der Waals surface area contributed by atoms with E-state index in [2.05, 4.69) is 9.88 Å². The maximum atomic E-state index is 12.3. The van der Waals surface area contributed by atoms with Gasteiger partial charge in [-0.25, -0.2) is 4.98 Å². The number of piperazine rings is 1. The molecule has 1 fully saturated rings.